The summed E-state index contributed by atoms with van der Waals surface area (Å²) < 4.78 is 19.9. The number of aromatic nitrogens is 5. The van der Waals surface area contributed by atoms with E-state index in [1.165, 1.54) is 17.1 Å². The van der Waals surface area contributed by atoms with Crippen molar-refractivity contribution in [2.24, 2.45) is 7.05 Å². The van der Waals surface area contributed by atoms with E-state index < -0.39 is 17.5 Å². The fourth-order valence-corrected chi connectivity index (χ4v) is 3.39. The van der Waals surface area contributed by atoms with Crippen molar-refractivity contribution in [3.8, 4) is 22.5 Å². The van der Waals surface area contributed by atoms with Gasteiger partial charge >= 0.3 is 6.09 Å². The number of aryl methyl sites for hydroxylation is 1. The molecule has 164 valence electrons. The molecule has 0 saturated heterocycles. The molecule has 0 spiro atoms. The molecule has 2 heterocycles. The lowest BCUT2D eigenvalue weighted by atomic mass is 10.00. The highest BCUT2D eigenvalue weighted by Gasteiger charge is 2.19. The number of ether oxygens (including phenoxy) is 1. The van der Waals surface area contributed by atoms with E-state index in [2.05, 4.69) is 25.7 Å². The number of benzene rings is 1. The lowest BCUT2D eigenvalue weighted by Crippen LogP contribution is -2.33. The minimum Gasteiger partial charge on any atom is -0.444 e. The summed E-state index contributed by atoms with van der Waals surface area (Å²) in [6, 6.07) is 4.52. The van der Waals surface area contributed by atoms with Crippen LogP contribution in [0.5, 0.6) is 0 Å². The predicted molar refractivity (Wildman–Crippen MR) is 115 cm³/mol. The molecule has 2 aromatic heterocycles. The smallest absolute Gasteiger partial charge is 0.407 e. The summed E-state index contributed by atoms with van der Waals surface area (Å²) in [5, 5.41) is 15.3. The van der Waals surface area contributed by atoms with Gasteiger partial charge < -0.3 is 10.1 Å². The molecule has 8 nitrogen and oxygen atoms in total. The molecule has 0 bridgehead atoms. The number of rotatable bonds is 5. The van der Waals surface area contributed by atoms with Crippen LogP contribution in [0.3, 0.4) is 0 Å². The summed E-state index contributed by atoms with van der Waals surface area (Å²) in [6.45, 7) is 5.47. The van der Waals surface area contributed by atoms with Gasteiger partial charge in [-0.25, -0.2) is 9.18 Å². The van der Waals surface area contributed by atoms with E-state index in [4.69, 9.17) is 27.9 Å². The zero-order chi connectivity index (χ0) is 22.8. The van der Waals surface area contributed by atoms with Crippen LogP contribution >= 0.6 is 23.2 Å². The van der Waals surface area contributed by atoms with Gasteiger partial charge in [0.1, 0.15) is 11.4 Å². The third kappa shape index (κ3) is 5.89. The highest BCUT2D eigenvalue weighted by Crippen LogP contribution is 2.38. The van der Waals surface area contributed by atoms with Crippen LogP contribution in [0, 0.1) is 5.82 Å². The average Bonchev–Trinajstić information content (AvgIpc) is 3.06. The van der Waals surface area contributed by atoms with Crippen molar-refractivity contribution in [3.05, 3.63) is 46.0 Å². The molecular formula is C20H21Cl2FN6O2. The first-order valence-corrected chi connectivity index (χ1v) is 10.1. The molecule has 3 rings (SSSR count). The molecule has 0 fully saturated rings. The summed E-state index contributed by atoms with van der Waals surface area (Å²) in [6.07, 6.45) is 1.13. The maximum Gasteiger partial charge on any atom is 0.407 e. The van der Waals surface area contributed by atoms with Gasteiger partial charge in [0.15, 0.2) is 0 Å². The Labute approximate surface area is 188 Å². The quantitative estimate of drug-likeness (QED) is 0.596. The number of tetrazole rings is 1. The Hall–Kier alpha value is -2.78. The first-order valence-electron chi connectivity index (χ1n) is 9.38. The normalized spacial score (nSPS) is 11.5. The van der Waals surface area contributed by atoms with Crippen LogP contribution in [0.4, 0.5) is 9.18 Å². The van der Waals surface area contributed by atoms with Crippen molar-refractivity contribution >= 4 is 29.3 Å². The lowest BCUT2D eigenvalue weighted by Gasteiger charge is -2.19. The topological polar surface area (TPSA) is 94.8 Å². The molecule has 1 aromatic carbocycles. The molecule has 0 saturated carbocycles. The van der Waals surface area contributed by atoms with E-state index in [1.807, 2.05) is 0 Å². The number of amides is 1. The predicted octanol–water partition coefficient (Wildman–Crippen LogP) is 4.45. The average molecular weight is 467 g/mol. The molecule has 3 aromatic rings. The third-order valence-corrected chi connectivity index (χ3v) is 4.56. The Morgan fingerprint density at radius 1 is 1.26 bits per heavy atom. The van der Waals surface area contributed by atoms with Crippen molar-refractivity contribution in [3.63, 3.8) is 0 Å². The summed E-state index contributed by atoms with van der Waals surface area (Å²) in [4.78, 5) is 17.2. The van der Waals surface area contributed by atoms with Gasteiger partial charge in [0, 0.05) is 35.3 Å². The van der Waals surface area contributed by atoms with Crippen molar-refractivity contribution in [2.75, 3.05) is 6.54 Å². The Morgan fingerprint density at radius 3 is 2.61 bits per heavy atom. The molecule has 0 unspecified atom stereocenters. The maximum absolute atomic E-state index is 14.8. The fraction of sp³-hybridized carbons (Fsp3) is 0.350. The molecule has 11 heteroatoms. The van der Waals surface area contributed by atoms with Gasteiger partial charge in [-0.15, -0.1) is 10.2 Å². The largest absolute Gasteiger partial charge is 0.444 e. The highest BCUT2D eigenvalue weighted by atomic mass is 35.5. The molecule has 0 aliphatic carbocycles. The molecule has 0 radical (unpaired) electrons. The van der Waals surface area contributed by atoms with Gasteiger partial charge in [0.25, 0.3) is 0 Å². The van der Waals surface area contributed by atoms with Crippen LogP contribution < -0.4 is 5.32 Å². The first kappa shape index (κ1) is 22.9. The number of alkyl carbamates (subject to hydrolysis) is 1. The Balaban J connectivity index is 1.83. The third-order valence-electron chi connectivity index (χ3n) is 4.05. The monoisotopic (exact) mass is 466 g/mol. The summed E-state index contributed by atoms with van der Waals surface area (Å²) in [5.41, 5.74) is 1.04. The number of carbonyl (C=O) groups is 1. The molecule has 1 amide bonds. The molecular weight excluding hydrogens is 446 g/mol. The van der Waals surface area contributed by atoms with E-state index in [0.717, 1.165) is 0 Å². The number of carbonyl (C=O) groups excluding carboxylic acids is 1. The highest BCUT2D eigenvalue weighted by molar-refractivity contribution is 6.37. The van der Waals surface area contributed by atoms with Gasteiger partial charge in [0.2, 0.25) is 5.82 Å². The van der Waals surface area contributed by atoms with Gasteiger partial charge in [-0.05, 0) is 49.7 Å². The fourth-order valence-electron chi connectivity index (χ4n) is 2.81. The molecule has 31 heavy (non-hydrogen) atoms. The minimum absolute atomic E-state index is 0.177. The number of pyridine rings is 1. The van der Waals surface area contributed by atoms with Crippen LogP contribution in [0.1, 0.15) is 26.5 Å². The number of hydrogen-bond acceptors (Lipinski definition) is 6. The summed E-state index contributed by atoms with van der Waals surface area (Å²) >= 11 is 12.5. The van der Waals surface area contributed by atoms with Gasteiger partial charge in [-0.1, -0.05) is 23.2 Å². The van der Waals surface area contributed by atoms with E-state index in [1.54, 1.807) is 40.0 Å². The Morgan fingerprint density at radius 2 is 2.00 bits per heavy atom. The summed E-state index contributed by atoms with van der Waals surface area (Å²) in [5.74, 6) is -0.247. The number of hydrogen-bond donors (Lipinski definition) is 1. The van der Waals surface area contributed by atoms with Crippen LogP contribution in [-0.2, 0) is 18.2 Å². The second kappa shape index (κ2) is 9.15. The first-order chi connectivity index (χ1) is 14.5. The number of nitrogens with zero attached hydrogens (tertiary/aromatic N) is 5. The van der Waals surface area contributed by atoms with Crippen molar-refractivity contribution in [1.29, 1.82) is 0 Å². The van der Waals surface area contributed by atoms with Gasteiger partial charge in [-0.2, -0.15) is 4.80 Å². The van der Waals surface area contributed by atoms with Gasteiger partial charge in [-0.3, -0.25) is 4.98 Å². The van der Waals surface area contributed by atoms with E-state index in [0.29, 0.717) is 26.7 Å². The molecule has 1 N–H and O–H groups in total. The number of halogens is 3. The Kier molecular flexibility index (Phi) is 6.76. The second-order valence-electron chi connectivity index (χ2n) is 7.74. The van der Waals surface area contributed by atoms with Crippen LogP contribution in [-0.4, -0.2) is 43.4 Å². The maximum atomic E-state index is 14.8. The molecule has 0 aliphatic heterocycles. The zero-order valence-electron chi connectivity index (χ0n) is 17.4. The van der Waals surface area contributed by atoms with Crippen LogP contribution in [0.25, 0.3) is 22.5 Å². The molecule has 0 atom stereocenters. The van der Waals surface area contributed by atoms with Crippen LogP contribution in [0.2, 0.25) is 10.0 Å². The second-order valence-corrected chi connectivity index (χ2v) is 8.59. The van der Waals surface area contributed by atoms with Crippen LogP contribution in [0.15, 0.2) is 24.4 Å². The minimum atomic E-state index is -0.608. The van der Waals surface area contributed by atoms with Crippen molar-refractivity contribution in [2.45, 2.75) is 32.8 Å². The SMILES string of the molecule is Cn1nnc(-c2c(Cl)cc(Cl)cc2-c2cnc(CCNC(=O)OC(C)(C)C)c(F)c2)n1. The van der Waals surface area contributed by atoms with Crippen molar-refractivity contribution in [1.82, 2.24) is 30.5 Å². The van der Waals surface area contributed by atoms with E-state index in [9.17, 15) is 9.18 Å². The Bertz CT molecular complexity index is 1110. The standard InChI is InChI=1S/C20H21Cl2FN6O2/c1-20(2,3)31-19(30)24-6-5-16-15(23)7-11(10-25-16)13-8-12(21)9-14(22)17(13)18-26-28-29(4)27-18/h7-10H,5-6H2,1-4H3,(H,24,30). The zero-order valence-corrected chi connectivity index (χ0v) is 18.9. The molecule has 0 aliphatic rings. The van der Waals surface area contributed by atoms with Gasteiger partial charge in [0.05, 0.1) is 17.8 Å². The lowest BCUT2D eigenvalue weighted by molar-refractivity contribution is 0.0528. The summed E-state index contributed by atoms with van der Waals surface area (Å²) in [7, 11) is 1.63. The van der Waals surface area contributed by atoms with Crippen molar-refractivity contribution < 1.29 is 13.9 Å². The number of nitrogens with one attached hydrogen (secondary N) is 1. The van der Waals surface area contributed by atoms with E-state index >= 15 is 0 Å². The van der Waals surface area contributed by atoms with E-state index in [-0.39, 0.29) is 24.5 Å².